The van der Waals surface area contributed by atoms with Gasteiger partial charge < -0.3 is 4.57 Å². The third kappa shape index (κ3) is 3.60. The number of aromatic nitrogens is 4. The normalized spacial score (nSPS) is 18.5. The summed E-state index contributed by atoms with van der Waals surface area (Å²) in [5, 5.41) is 9.71. The Labute approximate surface area is 169 Å². The molecule has 8 nitrogen and oxygen atoms in total. The lowest BCUT2D eigenvalue weighted by Gasteiger charge is -2.12. The zero-order chi connectivity index (χ0) is 21.1. The van der Waals surface area contributed by atoms with Gasteiger partial charge in [-0.1, -0.05) is 39.8 Å². The van der Waals surface area contributed by atoms with E-state index in [1.54, 1.807) is 12.1 Å². The molecule has 2 N–H and O–H groups in total. The van der Waals surface area contributed by atoms with Gasteiger partial charge >= 0.3 is 0 Å². The molecule has 1 saturated carbocycles. The van der Waals surface area contributed by atoms with Gasteiger partial charge in [0, 0.05) is 17.7 Å². The Balaban J connectivity index is 1.80. The molecule has 0 bridgehead atoms. The van der Waals surface area contributed by atoms with E-state index in [0.29, 0.717) is 23.7 Å². The summed E-state index contributed by atoms with van der Waals surface area (Å²) in [5.41, 5.74) is 1.54. The van der Waals surface area contributed by atoms with Gasteiger partial charge in [-0.15, -0.1) is 5.10 Å². The fourth-order valence-corrected chi connectivity index (χ4v) is 4.11. The lowest BCUT2D eigenvalue weighted by molar-refractivity contribution is 0.597. The standard InChI is InChI=1S/C20H25N5O3S/c1-12(2)15-11-24(10-13-5-7-14(8-6-13)29(21,27)28)19-22-17(16-9-20(16,3)4)23-25(19)18(15)26/h5-8,11-12,16H,9-10H2,1-4H3,(H2,21,27,28). The van der Waals surface area contributed by atoms with Crippen molar-refractivity contribution in [3.05, 3.63) is 57.8 Å². The van der Waals surface area contributed by atoms with Crippen molar-refractivity contribution >= 4 is 15.8 Å². The van der Waals surface area contributed by atoms with Crippen LogP contribution in [0.1, 0.15) is 62.9 Å². The van der Waals surface area contributed by atoms with Crippen molar-refractivity contribution in [3.8, 4) is 0 Å². The molecule has 0 saturated heterocycles. The molecule has 0 radical (unpaired) electrons. The summed E-state index contributed by atoms with van der Waals surface area (Å²) < 4.78 is 26.2. The van der Waals surface area contributed by atoms with E-state index < -0.39 is 10.0 Å². The Kier molecular flexibility index (Phi) is 4.43. The van der Waals surface area contributed by atoms with Crippen LogP contribution in [0.2, 0.25) is 0 Å². The van der Waals surface area contributed by atoms with Crippen molar-refractivity contribution in [1.29, 1.82) is 0 Å². The minimum Gasteiger partial charge on any atom is -0.312 e. The van der Waals surface area contributed by atoms with E-state index >= 15 is 0 Å². The average Bonchev–Trinajstić information content (AvgIpc) is 3.06. The summed E-state index contributed by atoms with van der Waals surface area (Å²) in [6, 6.07) is 6.39. The molecule has 0 amide bonds. The first-order chi connectivity index (χ1) is 13.5. The number of nitrogens with zero attached hydrogens (tertiary/aromatic N) is 4. The second-order valence-corrected chi connectivity index (χ2v) is 10.3. The minimum absolute atomic E-state index is 0.0351. The van der Waals surface area contributed by atoms with Crippen LogP contribution < -0.4 is 10.7 Å². The van der Waals surface area contributed by atoms with Crippen LogP contribution in [0.25, 0.3) is 5.78 Å². The Morgan fingerprint density at radius 3 is 2.38 bits per heavy atom. The van der Waals surface area contributed by atoms with Crippen molar-refractivity contribution in [1.82, 2.24) is 19.2 Å². The smallest absolute Gasteiger partial charge is 0.279 e. The van der Waals surface area contributed by atoms with Crippen molar-refractivity contribution in [2.24, 2.45) is 10.6 Å². The fraction of sp³-hybridized carbons (Fsp3) is 0.450. The highest BCUT2D eigenvalue weighted by molar-refractivity contribution is 7.89. The maximum atomic E-state index is 12.9. The van der Waals surface area contributed by atoms with Crippen LogP contribution in [0.3, 0.4) is 0 Å². The van der Waals surface area contributed by atoms with Crippen LogP contribution in [0.15, 0.2) is 40.2 Å². The quantitative estimate of drug-likeness (QED) is 0.687. The molecule has 1 aromatic carbocycles. The van der Waals surface area contributed by atoms with E-state index in [9.17, 15) is 13.2 Å². The van der Waals surface area contributed by atoms with Gasteiger partial charge in [0.1, 0.15) is 0 Å². The summed E-state index contributed by atoms with van der Waals surface area (Å²) >= 11 is 0. The van der Waals surface area contributed by atoms with Crippen LogP contribution in [-0.2, 0) is 16.6 Å². The molecule has 3 aromatic rings. The molecular weight excluding hydrogens is 390 g/mol. The van der Waals surface area contributed by atoms with Crippen molar-refractivity contribution in [2.45, 2.75) is 57.4 Å². The number of hydrogen-bond donors (Lipinski definition) is 1. The first-order valence-corrected chi connectivity index (χ1v) is 11.1. The first kappa shape index (κ1) is 19.8. The SMILES string of the molecule is CC(C)c1cn(Cc2ccc(S(N)(=O)=O)cc2)c2nc(C3CC3(C)C)nn2c1=O. The highest BCUT2D eigenvalue weighted by Gasteiger charge is 2.49. The number of sulfonamides is 1. The average molecular weight is 416 g/mol. The molecule has 1 fully saturated rings. The number of hydrogen-bond acceptors (Lipinski definition) is 5. The lowest BCUT2D eigenvalue weighted by Crippen LogP contribution is -2.24. The molecule has 154 valence electrons. The van der Waals surface area contributed by atoms with Gasteiger partial charge in [0.15, 0.2) is 5.82 Å². The maximum Gasteiger partial charge on any atom is 0.279 e. The zero-order valence-electron chi connectivity index (χ0n) is 17.0. The summed E-state index contributed by atoms with van der Waals surface area (Å²) in [7, 11) is -3.74. The molecule has 9 heteroatoms. The number of primary sulfonamides is 1. The lowest BCUT2D eigenvalue weighted by atomic mass is 10.1. The zero-order valence-corrected chi connectivity index (χ0v) is 17.8. The Bertz CT molecular complexity index is 1250. The van der Waals surface area contributed by atoms with Crippen LogP contribution in [-0.4, -0.2) is 27.6 Å². The van der Waals surface area contributed by atoms with Crippen molar-refractivity contribution < 1.29 is 8.42 Å². The molecule has 4 rings (SSSR count). The summed E-state index contributed by atoms with van der Waals surface area (Å²) in [6.45, 7) is 8.70. The highest BCUT2D eigenvalue weighted by Crippen LogP contribution is 2.57. The number of rotatable bonds is 5. The van der Waals surface area contributed by atoms with E-state index in [4.69, 9.17) is 5.14 Å². The van der Waals surface area contributed by atoms with Crippen LogP contribution >= 0.6 is 0 Å². The second-order valence-electron chi connectivity index (χ2n) is 8.79. The Morgan fingerprint density at radius 1 is 1.24 bits per heavy atom. The fourth-order valence-electron chi connectivity index (χ4n) is 3.59. The van der Waals surface area contributed by atoms with E-state index in [1.165, 1.54) is 16.6 Å². The predicted octanol–water partition coefficient (Wildman–Crippen LogP) is 2.22. The molecule has 1 aliphatic rings. The summed E-state index contributed by atoms with van der Waals surface area (Å²) in [5.74, 6) is 1.48. The number of fused-ring (bicyclic) bond motifs is 1. The third-order valence-corrected chi connectivity index (χ3v) is 6.58. The van der Waals surface area contributed by atoms with Crippen LogP contribution in [0.5, 0.6) is 0 Å². The minimum atomic E-state index is -3.74. The molecule has 29 heavy (non-hydrogen) atoms. The van der Waals surface area contributed by atoms with Crippen molar-refractivity contribution in [2.75, 3.05) is 0 Å². The first-order valence-electron chi connectivity index (χ1n) is 9.59. The van der Waals surface area contributed by atoms with Gasteiger partial charge in [-0.3, -0.25) is 4.79 Å². The van der Waals surface area contributed by atoms with Gasteiger partial charge in [0.2, 0.25) is 15.8 Å². The molecular formula is C20H25N5O3S. The Hall–Kier alpha value is -2.52. The number of nitrogens with two attached hydrogens (primary N) is 1. The Morgan fingerprint density at radius 2 is 1.86 bits per heavy atom. The molecule has 1 unspecified atom stereocenters. The third-order valence-electron chi connectivity index (χ3n) is 5.65. The molecule has 0 spiro atoms. The van der Waals surface area contributed by atoms with E-state index in [0.717, 1.165) is 12.0 Å². The van der Waals surface area contributed by atoms with Gasteiger partial charge in [0.05, 0.1) is 11.4 Å². The van der Waals surface area contributed by atoms with Gasteiger partial charge in [-0.2, -0.15) is 9.50 Å². The van der Waals surface area contributed by atoms with Crippen molar-refractivity contribution in [3.63, 3.8) is 0 Å². The molecule has 2 aromatic heterocycles. The predicted molar refractivity (Wildman–Crippen MR) is 109 cm³/mol. The summed E-state index contributed by atoms with van der Waals surface area (Å²) in [4.78, 5) is 17.7. The van der Waals surface area contributed by atoms with Gasteiger partial charge in [-0.05, 0) is 35.4 Å². The second kappa shape index (κ2) is 6.50. The monoisotopic (exact) mass is 415 g/mol. The highest BCUT2D eigenvalue weighted by atomic mass is 32.2. The summed E-state index contributed by atoms with van der Waals surface area (Å²) in [6.07, 6.45) is 2.83. The molecule has 0 aliphatic heterocycles. The van der Waals surface area contributed by atoms with E-state index in [1.807, 2.05) is 24.6 Å². The molecule has 1 atom stereocenters. The van der Waals surface area contributed by atoms with Gasteiger partial charge in [0.25, 0.3) is 5.56 Å². The number of benzene rings is 1. The topological polar surface area (TPSA) is 112 Å². The van der Waals surface area contributed by atoms with Crippen LogP contribution in [0.4, 0.5) is 0 Å². The largest absolute Gasteiger partial charge is 0.312 e. The van der Waals surface area contributed by atoms with E-state index in [-0.39, 0.29) is 27.7 Å². The van der Waals surface area contributed by atoms with E-state index in [2.05, 4.69) is 23.9 Å². The van der Waals surface area contributed by atoms with Crippen LogP contribution in [0, 0.1) is 5.41 Å². The van der Waals surface area contributed by atoms with Gasteiger partial charge in [-0.25, -0.2) is 13.6 Å². The molecule has 1 aliphatic carbocycles. The molecule has 2 heterocycles. The maximum absolute atomic E-state index is 12.9.